The Bertz CT molecular complexity index is 388. The van der Waals surface area contributed by atoms with Crippen molar-refractivity contribution in [3.63, 3.8) is 0 Å². The minimum absolute atomic E-state index is 0.0192. The van der Waals surface area contributed by atoms with Crippen LogP contribution in [0.15, 0.2) is 12.1 Å². The van der Waals surface area contributed by atoms with Crippen molar-refractivity contribution in [1.29, 1.82) is 0 Å². The van der Waals surface area contributed by atoms with Crippen molar-refractivity contribution < 1.29 is 14.6 Å². The molecule has 4 heteroatoms. The highest BCUT2D eigenvalue weighted by atomic mass is 79.9. The molecule has 0 saturated heterocycles. The van der Waals surface area contributed by atoms with Gasteiger partial charge in [0.25, 0.3) is 0 Å². The molecule has 0 unspecified atom stereocenters. The summed E-state index contributed by atoms with van der Waals surface area (Å²) in [7, 11) is 0. The Morgan fingerprint density at radius 2 is 2.19 bits per heavy atom. The normalized spacial score (nSPS) is 10.2. The third kappa shape index (κ3) is 2.98. The minimum Gasteiger partial charge on any atom is -0.507 e. The lowest BCUT2D eigenvalue weighted by atomic mass is 10.0. The van der Waals surface area contributed by atoms with Gasteiger partial charge in [-0.3, -0.25) is 4.79 Å². The van der Waals surface area contributed by atoms with Crippen LogP contribution in [0, 0.1) is 0 Å². The summed E-state index contributed by atoms with van der Waals surface area (Å²) in [6, 6.07) is 3.21. The van der Waals surface area contributed by atoms with E-state index in [2.05, 4.69) is 15.9 Å². The zero-order valence-corrected chi connectivity index (χ0v) is 11.0. The fraction of sp³-hybridized carbons (Fsp3) is 0.417. The zero-order chi connectivity index (χ0) is 12.1. The molecule has 3 nitrogen and oxygen atoms in total. The Morgan fingerprint density at radius 3 is 2.69 bits per heavy atom. The third-order valence-electron chi connectivity index (χ3n) is 2.27. The number of aromatic hydroxyl groups is 1. The van der Waals surface area contributed by atoms with Crippen LogP contribution >= 0.6 is 15.9 Å². The van der Waals surface area contributed by atoms with Crippen LogP contribution < -0.4 is 4.74 Å². The van der Waals surface area contributed by atoms with Crippen molar-refractivity contribution in [3.8, 4) is 11.5 Å². The number of aryl methyl sites for hydroxylation is 1. The van der Waals surface area contributed by atoms with Gasteiger partial charge in [-0.1, -0.05) is 22.9 Å². The first-order chi connectivity index (χ1) is 7.60. The molecule has 1 aromatic carbocycles. The van der Waals surface area contributed by atoms with E-state index in [1.165, 1.54) is 13.0 Å². The summed E-state index contributed by atoms with van der Waals surface area (Å²) < 4.78 is 5.47. The largest absolute Gasteiger partial charge is 0.507 e. The molecule has 0 spiro atoms. The number of carbonyl (C=O) groups excluding carboxylic acids is 1. The molecule has 0 saturated carbocycles. The maximum Gasteiger partial charge on any atom is 0.163 e. The molecule has 1 rings (SSSR count). The van der Waals surface area contributed by atoms with E-state index >= 15 is 0 Å². The highest BCUT2D eigenvalue weighted by Gasteiger charge is 2.12. The van der Waals surface area contributed by atoms with Crippen LogP contribution in [0.5, 0.6) is 11.5 Å². The van der Waals surface area contributed by atoms with Gasteiger partial charge in [0.1, 0.15) is 11.5 Å². The molecule has 0 fully saturated rings. The Hall–Kier alpha value is -1.03. The number of Topliss-reactive ketones (excluding diaryl/α,β-unsaturated/α-hetero) is 1. The van der Waals surface area contributed by atoms with Crippen LogP contribution in [0.3, 0.4) is 0 Å². The van der Waals surface area contributed by atoms with Crippen molar-refractivity contribution in [2.24, 2.45) is 0 Å². The van der Waals surface area contributed by atoms with E-state index in [0.29, 0.717) is 17.9 Å². The van der Waals surface area contributed by atoms with Crippen molar-refractivity contribution >= 4 is 21.7 Å². The number of hydrogen-bond donors (Lipinski definition) is 1. The SMILES string of the molecule is CCc1cc(C(C)=O)c(O)cc1OCCBr. The molecular formula is C12H15BrO3. The second-order valence-electron chi connectivity index (χ2n) is 3.42. The van der Waals surface area contributed by atoms with E-state index in [0.717, 1.165) is 17.3 Å². The van der Waals surface area contributed by atoms with E-state index < -0.39 is 0 Å². The summed E-state index contributed by atoms with van der Waals surface area (Å²) in [6.07, 6.45) is 0.762. The highest BCUT2D eigenvalue weighted by molar-refractivity contribution is 9.09. The van der Waals surface area contributed by atoms with E-state index in [4.69, 9.17) is 4.74 Å². The van der Waals surface area contributed by atoms with Gasteiger partial charge < -0.3 is 9.84 Å². The maximum atomic E-state index is 11.3. The predicted molar refractivity (Wildman–Crippen MR) is 66.8 cm³/mol. The molecule has 0 aromatic heterocycles. The molecular weight excluding hydrogens is 272 g/mol. The second-order valence-corrected chi connectivity index (χ2v) is 4.22. The Kier molecular flexibility index (Phi) is 4.80. The molecule has 0 radical (unpaired) electrons. The zero-order valence-electron chi connectivity index (χ0n) is 9.42. The van der Waals surface area contributed by atoms with Crippen LogP contribution in [0.1, 0.15) is 29.8 Å². The van der Waals surface area contributed by atoms with Crippen LogP contribution in [-0.2, 0) is 6.42 Å². The molecule has 0 atom stereocenters. The van der Waals surface area contributed by atoms with Gasteiger partial charge in [0.05, 0.1) is 12.2 Å². The lowest BCUT2D eigenvalue weighted by Crippen LogP contribution is -2.03. The molecule has 0 aliphatic carbocycles. The molecule has 1 N–H and O–H groups in total. The first-order valence-electron chi connectivity index (χ1n) is 5.15. The predicted octanol–water partition coefficient (Wildman–Crippen LogP) is 2.93. The summed E-state index contributed by atoms with van der Waals surface area (Å²) in [5.41, 5.74) is 1.28. The van der Waals surface area contributed by atoms with Crippen LogP contribution in [0.4, 0.5) is 0 Å². The molecule has 88 valence electrons. The van der Waals surface area contributed by atoms with Crippen LogP contribution in [0.25, 0.3) is 0 Å². The number of hydrogen-bond acceptors (Lipinski definition) is 3. The standard InChI is InChI=1S/C12H15BrO3/c1-3-9-6-10(8(2)14)11(15)7-12(9)16-5-4-13/h6-7,15H,3-5H2,1-2H3. The number of phenolic OH excluding ortho intramolecular Hbond substituents is 1. The topological polar surface area (TPSA) is 46.5 Å². The van der Waals surface area contributed by atoms with Crippen LogP contribution in [0.2, 0.25) is 0 Å². The summed E-state index contributed by atoms with van der Waals surface area (Å²) in [6.45, 7) is 3.96. The van der Waals surface area contributed by atoms with E-state index in [1.54, 1.807) is 6.07 Å². The average Bonchev–Trinajstić information content (AvgIpc) is 2.25. The van der Waals surface area contributed by atoms with E-state index in [1.807, 2.05) is 6.92 Å². The van der Waals surface area contributed by atoms with Crippen molar-refractivity contribution in [2.45, 2.75) is 20.3 Å². The molecule has 0 heterocycles. The first kappa shape index (κ1) is 13.0. The van der Waals surface area contributed by atoms with Crippen molar-refractivity contribution in [2.75, 3.05) is 11.9 Å². The van der Waals surface area contributed by atoms with Crippen molar-refractivity contribution in [1.82, 2.24) is 0 Å². The van der Waals surface area contributed by atoms with Crippen molar-refractivity contribution in [3.05, 3.63) is 23.3 Å². The Labute approximate surface area is 104 Å². The molecule has 16 heavy (non-hydrogen) atoms. The van der Waals surface area contributed by atoms with Gasteiger partial charge in [0.2, 0.25) is 0 Å². The van der Waals surface area contributed by atoms with E-state index in [9.17, 15) is 9.90 Å². The molecule has 0 amide bonds. The van der Waals surface area contributed by atoms with Gasteiger partial charge in [-0.2, -0.15) is 0 Å². The number of halogens is 1. The number of ether oxygens (including phenoxy) is 1. The van der Waals surface area contributed by atoms with Gasteiger partial charge in [0, 0.05) is 11.4 Å². The second kappa shape index (κ2) is 5.89. The summed E-state index contributed by atoms with van der Waals surface area (Å²) in [5, 5.41) is 10.4. The fourth-order valence-electron chi connectivity index (χ4n) is 1.46. The average molecular weight is 287 g/mol. The molecule has 0 bridgehead atoms. The maximum absolute atomic E-state index is 11.3. The monoisotopic (exact) mass is 286 g/mol. The highest BCUT2D eigenvalue weighted by Crippen LogP contribution is 2.29. The number of carbonyl (C=O) groups is 1. The third-order valence-corrected chi connectivity index (χ3v) is 2.60. The van der Waals surface area contributed by atoms with Gasteiger partial charge >= 0.3 is 0 Å². The number of alkyl halides is 1. The lowest BCUT2D eigenvalue weighted by molar-refractivity contribution is 0.101. The molecule has 0 aliphatic heterocycles. The Balaban J connectivity index is 3.10. The first-order valence-corrected chi connectivity index (χ1v) is 6.27. The van der Waals surface area contributed by atoms with Gasteiger partial charge in [-0.05, 0) is 25.0 Å². The minimum atomic E-state index is -0.140. The summed E-state index contributed by atoms with van der Waals surface area (Å²) in [4.78, 5) is 11.3. The Morgan fingerprint density at radius 1 is 1.50 bits per heavy atom. The van der Waals surface area contributed by atoms with E-state index in [-0.39, 0.29) is 11.5 Å². The number of benzene rings is 1. The smallest absolute Gasteiger partial charge is 0.163 e. The van der Waals surface area contributed by atoms with Gasteiger partial charge in [-0.15, -0.1) is 0 Å². The molecule has 0 aliphatic rings. The van der Waals surface area contributed by atoms with Crippen LogP contribution in [-0.4, -0.2) is 22.8 Å². The number of phenols is 1. The summed E-state index contributed by atoms with van der Waals surface area (Å²) in [5.74, 6) is 0.484. The summed E-state index contributed by atoms with van der Waals surface area (Å²) >= 11 is 3.27. The van der Waals surface area contributed by atoms with Gasteiger partial charge in [0.15, 0.2) is 5.78 Å². The number of rotatable bonds is 5. The van der Waals surface area contributed by atoms with Gasteiger partial charge in [-0.25, -0.2) is 0 Å². The quantitative estimate of drug-likeness (QED) is 0.669. The lowest BCUT2D eigenvalue weighted by Gasteiger charge is -2.12. The molecule has 1 aromatic rings. The fourth-order valence-corrected chi connectivity index (χ4v) is 1.62. The number of ketones is 1.